The molecule has 0 aromatic rings. The Morgan fingerprint density at radius 3 is 1.30 bits per heavy atom. The standard InChI is InChI=1S/C8H15O.Rf/c1-7(2,3)8(4,5)6-9;/h1-5H3;/q-1;. The monoisotopic (exact) mass is 394 g/mol. The van der Waals surface area contributed by atoms with Gasteiger partial charge in [-0.1, -0.05) is 40.0 Å². The van der Waals surface area contributed by atoms with Gasteiger partial charge in [-0.25, -0.2) is 0 Å². The average molecular weight is 394 g/mol. The third-order valence-corrected chi connectivity index (χ3v) is 2.13. The summed E-state index contributed by atoms with van der Waals surface area (Å²) in [6.45, 7) is 9.92. The van der Waals surface area contributed by atoms with Crippen molar-refractivity contribution in [1.29, 1.82) is 0 Å². The van der Waals surface area contributed by atoms with E-state index >= 15 is 0 Å². The molecule has 0 aliphatic carbocycles. The summed E-state index contributed by atoms with van der Waals surface area (Å²) in [5, 5.41) is 0. The van der Waals surface area contributed by atoms with Gasteiger partial charge < -0.3 is 4.79 Å². The molecule has 56 valence electrons. The molecule has 0 atom stereocenters. The molecule has 0 amide bonds. The van der Waals surface area contributed by atoms with Crippen LogP contribution in [0.5, 0.6) is 0 Å². The van der Waals surface area contributed by atoms with Gasteiger partial charge in [0.25, 0.3) is 0 Å². The Balaban J connectivity index is 0. The predicted molar refractivity (Wildman–Crippen MR) is 38.9 cm³/mol. The van der Waals surface area contributed by atoms with Gasteiger partial charge in [-0.2, -0.15) is 0 Å². The predicted octanol–water partition coefficient (Wildman–Crippen LogP) is 2.17. The van der Waals surface area contributed by atoms with Crippen molar-refractivity contribution < 1.29 is 4.79 Å². The van der Waals surface area contributed by atoms with Crippen LogP contribution in [0.25, 0.3) is 0 Å². The van der Waals surface area contributed by atoms with E-state index in [1.54, 1.807) is 0 Å². The van der Waals surface area contributed by atoms with Crippen LogP contribution in [-0.2, 0) is 4.79 Å². The minimum Gasteiger partial charge on any atom is -0.541 e. The minimum absolute atomic E-state index is 0. The molecule has 0 bridgehead atoms. The number of rotatable bonds is 1. The third-order valence-electron chi connectivity index (χ3n) is 2.13. The molecule has 0 fully saturated rings. The van der Waals surface area contributed by atoms with Crippen molar-refractivity contribution in [2.45, 2.75) is 34.6 Å². The summed E-state index contributed by atoms with van der Waals surface area (Å²) < 4.78 is 0. The number of hydrogen-bond acceptors (Lipinski definition) is 1. The van der Waals surface area contributed by atoms with Gasteiger partial charge >= 0.3 is 0 Å². The fourth-order valence-corrected chi connectivity index (χ4v) is 0.153. The summed E-state index contributed by atoms with van der Waals surface area (Å²) in [6, 6.07) is 0. The van der Waals surface area contributed by atoms with Gasteiger partial charge in [0.05, 0.1) is 0 Å². The van der Waals surface area contributed by atoms with Crippen LogP contribution in [0.1, 0.15) is 34.6 Å². The van der Waals surface area contributed by atoms with E-state index in [-0.39, 0.29) is 10.8 Å². The summed E-state index contributed by atoms with van der Waals surface area (Å²) in [5.41, 5.74) is -0.304. The zero-order chi connectivity index (χ0) is 7.71. The normalized spacial score (nSPS) is 12.1. The first-order valence-corrected chi connectivity index (χ1v) is 3.20. The van der Waals surface area contributed by atoms with Crippen LogP contribution in [0, 0.1) is 10.8 Å². The van der Waals surface area contributed by atoms with E-state index < -0.39 is 0 Å². The molecule has 0 radical (unpaired) electrons. The Hall–Kier alpha value is -1.33. The van der Waals surface area contributed by atoms with Gasteiger partial charge in [0, 0.05) is 0 Å². The van der Waals surface area contributed by atoms with Crippen molar-refractivity contribution in [3.05, 3.63) is 0 Å². The van der Waals surface area contributed by atoms with Crippen molar-refractivity contribution in [3.8, 4) is 0 Å². The smallest absolute Gasteiger partial charge is 0 e. The van der Waals surface area contributed by atoms with Gasteiger partial charge in [-0.15, -0.1) is 5.41 Å². The van der Waals surface area contributed by atoms with Crippen LogP contribution in [-0.4, -0.2) is 6.29 Å². The molecule has 2 heteroatoms. The fourth-order valence-electron chi connectivity index (χ4n) is 0.153. The van der Waals surface area contributed by atoms with Gasteiger partial charge in [-0.3, -0.25) is 6.29 Å². The summed E-state index contributed by atoms with van der Waals surface area (Å²) in [6.07, 6.45) is 2.03. The molecular weight excluding hydrogens is 379 g/mol. The largest absolute Gasteiger partial charge is 0.541 e. The molecule has 0 rings (SSSR count). The van der Waals surface area contributed by atoms with E-state index in [9.17, 15) is 4.79 Å². The number of carbonyl (C=O) groups excluding carboxylic acids is 1. The maximum Gasteiger partial charge on any atom is 0 e. The first-order chi connectivity index (χ1) is 3.81. The van der Waals surface area contributed by atoms with Crippen LogP contribution in [0.15, 0.2) is 0 Å². The molecule has 0 spiro atoms. The second-order valence-corrected chi connectivity index (χ2v) is 3.98. The van der Waals surface area contributed by atoms with E-state index in [4.69, 9.17) is 0 Å². The van der Waals surface area contributed by atoms with E-state index in [0.717, 1.165) is 0 Å². The first-order valence-electron chi connectivity index (χ1n) is 3.20. The molecule has 0 N–H and O–H groups in total. The number of hydrogen-bond donors (Lipinski definition) is 0. The first kappa shape index (κ1) is 11.5. The average Bonchev–Trinajstić information content (AvgIpc) is 1.64. The second-order valence-electron chi connectivity index (χ2n) is 3.98. The van der Waals surface area contributed by atoms with Crippen LogP contribution < -0.4 is 0 Å². The van der Waals surface area contributed by atoms with Crippen LogP contribution in [0.4, 0.5) is 0 Å². The Kier molecular flexibility index (Phi) is 2.87. The van der Waals surface area contributed by atoms with Crippen molar-refractivity contribution in [1.82, 2.24) is 0 Å². The molecule has 0 aliphatic rings. The van der Waals surface area contributed by atoms with Crippen LogP contribution in [0.3, 0.4) is 0 Å². The van der Waals surface area contributed by atoms with Gasteiger partial charge in [-0.05, 0) is 0 Å². The van der Waals surface area contributed by atoms with E-state index in [0.29, 0.717) is 0 Å². The molecule has 0 aromatic heterocycles. The van der Waals surface area contributed by atoms with E-state index in [1.807, 2.05) is 40.9 Å². The third kappa shape index (κ3) is 1.88. The Morgan fingerprint density at radius 1 is 1.00 bits per heavy atom. The Labute approximate surface area is 57.5 Å². The van der Waals surface area contributed by atoms with Crippen molar-refractivity contribution in [2.24, 2.45) is 10.8 Å². The fraction of sp³-hybridized carbons (Fsp3) is 0.875. The summed E-state index contributed by atoms with van der Waals surface area (Å²) >= 11 is 0. The van der Waals surface area contributed by atoms with Gasteiger partial charge in [0.2, 0.25) is 0 Å². The molecule has 0 heterocycles. The second kappa shape index (κ2) is 2.51. The topological polar surface area (TPSA) is 17.1 Å². The van der Waals surface area contributed by atoms with Crippen molar-refractivity contribution in [2.75, 3.05) is 0 Å². The summed E-state index contributed by atoms with van der Waals surface area (Å²) in [7, 11) is 0. The van der Waals surface area contributed by atoms with Crippen LogP contribution in [0.2, 0.25) is 0 Å². The van der Waals surface area contributed by atoms with E-state index in [2.05, 4.69) is 0 Å². The van der Waals surface area contributed by atoms with Gasteiger partial charge in [0.15, 0.2) is 0 Å². The molecule has 0 saturated carbocycles. The zero-order valence-electron chi connectivity index (χ0n) is 7.62. The Morgan fingerprint density at radius 2 is 1.30 bits per heavy atom. The Bertz CT molecular complexity index is 111. The minimum atomic E-state index is -0.326. The molecule has 10 heavy (non-hydrogen) atoms. The van der Waals surface area contributed by atoms with Crippen molar-refractivity contribution >= 4 is 6.29 Å². The molecular formula is C8H15ORf-. The van der Waals surface area contributed by atoms with E-state index in [1.165, 1.54) is 0 Å². The maximum absolute atomic E-state index is 10.3. The maximum atomic E-state index is 10.3. The van der Waals surface area contributed by atoms with Gasteiger partial charge in [0.1, 0.15) is 0 Å². The summed E-state index contributed by atoms with van der Waals surface area (Å²) in [5.74, 6) is 0. The molecule has 0 saturated heterocycles. The SMILES string of the molecule is CC(C)(C)C(C)(C)[C-]=O.[Rf]. The van der Waals surface area contributed by atoms with Crippen LogP contribution >= 0.6 is 0 Å². The molecule has 0 unspecified atom stereocenters. The molecule has 1 nitrogen and oxygen atoms in total. The quantitative estimate of drug-likeness (QED) is 0.624. The van der Waals surface area contributed by atoms with Crippen molar-refractivity contribution in [3.63, 3.8) is 0 Å². The zero-order valence-corrected chi connectivity index (χ0v) is 14.0. The summed E-state index contributed by atoms with van der Waals surface area (Å²) in [4.78, 5) is 10.3. The molecule has 0 aliphatic heterocycles. The molecule has 0 aromatic carbocycles.